The minimum absolute atomic E-state index is 0.135. The molecule has 8 nitrogen and oxygen atoms in total. The lowest BCUT2D eigenvalue weighted by atomic mass is 10.2. The molecule has 1 aromatic carbocycles. The second kappa shape index (κ2) is 7.72. The molecule has 3 aromatic rings. The number of rotatable bonds is 6. The average molecular weight is 403 g/mol. The predicted octanol–water partition coefficient (Wildman–Crippen LogP) is 1.52. The van der Waals surface area contributed by atoms with Crippen molar-refractivity contribution in [3.8, 4) is 5.69 Å². The second-order valence-corrected chi connectivity index (χ2v) is 7.34. The van der Waals surface area contributed by atoms with Gasteiger partial charge in [0, 0.05) is 25.8 Å². The minimum atomic E-state index is -0.351. The summed E-state index contributed by atoms with van der Waals surface area (Å²) in [6, 6.07) is 5.55. The van der Waals surface area contributed by atoms with E-state index in [1.54, 1.807) is 23.8 Å². The smallest absolute Gasteiger partial charge is 0.265 e. The van der Waals surface area contributed by atoms with Crippen LogP contribution < -0.4 is 10.9 Å². The number of amides is 1. The van der Waals surface area contributed by atoms with Crippen molar-refractivity contribution < 1.29 is 13.9 Å². The average Bonchev–Trinajstić information content (AvgIpc) is 3.28. The summed E-state index contributed by atoms with van der Waals surface area (Å²) in [5.41, 5.74) is 0.805. The Bertz CT molecular complexity index is 1080. The van der Waals surface area contributed by atoms with Crippen molar-refractivity contribution in [2.45, 2.75) is 17.6 Å². The van der Waals surface area contributed by atoms with Gasteiger partial charge in [0.15, 0.2) is 10.8 Å². The molecule has 1 N–H and O–H groups in total. The van der Waals surface area contributed by atoms with Crippen LogP contribution in [0.4, 0.5) is 4.39 Å². The molecule has 1 aliphatic rings. The summed E-state index contributed by atoms with van der Waals surface area (Å²) in [6.45, 7) is 0.866. The van der Waals surface area contributed by atoms with E-state index in [1.165, 1.54) is 34.8 Å². The lowest BCUT2D eigenvalue weighted by Crippen LogP contribution is -2.32. The van der Waals surface area contributed by atoms with Gasteiger partial charge in [-0.05, 0) is 24.3 Å². The Morgan fingerprint density at radius 3 is 2.93 bits per heavy atom. The summed E-state index contributed by atoms with van der Waals surface area (Å²) < 4.78 is 21.2. The third kappa shape index (κ3) is 3.40. The van der Waals surface area contributed by atoms with E-state index in [0.29, 0.717) is 40.8 Å². The number of benzene rings is 1. The number of halogens is 1. The summed E-state index contributed by atoms with van der Waals surface area (Å²) in [7, 11) is 1.57. The predicted molar refractivity (Wildman–Crippen MR) is 102 cm³/mol. The van der Waals surface area contributed by atoms with E-state index in [-0.39, 0.29) is 29.7 Å². The zero-order valence-corrected chi connectivity index (χ0v) is 15.9. The van der Waals surface area contributed by atoms with E-state index in [1.807, 2.05) is 0 Å². The van der Waals surface area contributed by atoms with Gasteiger partial charge in [-0.2, -0.15) is 5.10 Å². The van der Waals surface area contributed by atoms with Gasteiger partial charge in [0.2, 0.25) is 5.91 Å². The van der Waals surface area contributed by atoms with Crippen LogP contribution in [0.5, 0.6) is 0 Å². The van der Waals surface area contributed by atoms with Crippen molar-refractivity contribution in [3.05, 3.63) is 46.6 Å². The van der Waals surface area contributed by atoms with Crippen molar-refractivity contribution in [1.29, 1.82) is 0 Å². The van der Waals surface area contributed by atoms with Gasteiger partial charge < -0.3 is 10.1 Å². The first-order chi connectivity index (χ1) is 13.6. The Morgan fingerprint density at radius 2 is 2.18 bits per heavy atom. The second-order valence-electron chi connectivity index (χ2n) is 6.35. The van der Waals surface area contributed by atoms with Crippen LogP contribution >= 0.6 is 11.8 Å². The van der Waals surface area contributed by atoms with E-state index in [0.717, 1.165) is 0 Å². The highest BCUT2D eigenvalue weighted by atomic mass is 32.2. The summed E-state index contributed by atoms with van der Waals surface area (Å²) in [6.07, 6.45) is 1.66. The molecule has 1 atom stereocenters. The molecule has 0 bridgehead atoms. The molecule has 0 radical (unpaired) electrons. The summed E-state index contributed by atoms with van der Waals surface area (Å²) >= 11 is 1.43. The highest BCUT2D eigenvalue weighted by Crippen LogP contribution is 2.33. The summed E-state index contributed by atoms with van der Waals surface area (Å²) in [5, 5.41) is 7.93. The monoisotopic (exact) mass is 403 g/mol. The van der Waals surface area contributed by atoms with Gasteiger partial charge in [0.25, 0.3) is 5.56 Å². The quantitative estimate of drug-likeness (QED) is 0.496. The van der Waals surface area contributed by atoms with Crippen molar-refractivity contribution >= 4 is 28.7 Å². The highest BCUT2D eigenvalue weighted by molar-refractivity contribution is 7.99. The Morgan fingerprint density at radius 1 is 1.39 bits per heavy atom. The molecule has 1 aliphatic heterocycles. The maximum Gasteiger partial charge on any atom is 0.265 e. The molecule has 2 aromatic heterocycles. The zero-order chi connectivity index (χ0) is 19.7. The number of carbonyl (C=O) groups is 1. The number of hydrogen-bond acceptors (Lipinski definition) is 6. The van der Waals surface area contributed by atoms with Crippen molar-refractivity contribution in [3.63, 3.8) is 0 Å². The van der Waals surface area contributed by atoms with Crippen LogP contribution in [0.1, 0.15) is 12.5 Å². The Hall–Kier alpha value is -2.72. The first-order valence-electron chi connectivity index (χ1n) is 8.73. The van der Waals surface area contributed by atoms with E-state index in [2.05, 4.69) is 15.4 Å². The Kier molecular flexibility index (Phi) is 5.14. The van der Waals surface area contributed by atoms with E-state index >= 15 is 0 Å². The fourth-order valence-corrected chi connectivity index (χ4v) is 4.26. The van der Waals surface area contributed by atoms with E-state index in [4.69, 9.17) is 4.74 Å². The molecule has 3 heterocycles. The summed E-state index contributed by atoms with van der Waals surface area (Å²) in [4.78, 5) is 29.7. The number of nitrogens with zero attached hydrogens (tertiary/aromatic N) is 4. The summed E-state index contributed by atoms with van der Waals surface area (Å²) in [5.74, 6) is 0.108. The van der Waals surface area contributed by atoms with Crippen LogP contribution in [0.2, 0.25) is 0 Å². The highest BCUT2D eigenvalue weighted by Gasteiger charge is 2.29. The van der Waals surface area contributed by atoms with Crippen LogP contribution in [0.15, 0.2) is 40.4 Å². The molecule has 1 amide bonds. The van der Waals surface area contributed by atoms with Gasteiger partial charge in [0.05, 0.1) is 24.5 Å². The SMILES string of the molecule is COCCNC(=O)C[C@@H]1CSc2nc3c(cnn3-c3ccc(F)cc3)c(=O)n21. The molecule has 10 heteroatoms. The molecule has 0 fully saturated rings. The number of ether oxygens (including phenoxy) is 1. The van der Waals surface area contributed by atoms with Gasteiger partial charge >= 0.3 is 0 Å². The Balaban J connectivity index is 1.65. The number of nitrogens with one attached hydrogen (secondary N) is 1. The molecule has 0 spiro atoms. The maximum absolute atomic E-state index is 13.2. The number of carbonyl (C=O) groups excluding carboxylic acids is 1. The van der Waals surface area contributed by atoms with Crippen LogP contribution in [-0.2, 0) is 9.53 Å². The van der Waals surface area contributed by atoms with Gasteiger partial charge in [-0.3, -0.25) is 14.2 Å². The van der Waals surface area contributed by atoms with Crippen molar-refractivity contribution in [2.75, 3.05) is 26.0 Å². The Labute approximate surface area is 163 Å². The van der Waals surface area contributed by atoms with Crippen LogP contribution in [0.3, 0.4) is 0 Å². The maximum atomic E-state index is 13.2. The molecule has 146 valence electrons. The van der Waals surface area contributed by atoms with Crippen LogP contribution in [-0.4, -0.2) is 51.3 Å². The third-order valence-electron chi connectivity index (χ3n) is 4.49. The van der Waals surface area contributed by atoms with E-state index < -0.39 is 0 Å². The molecule has 0 saturated heterocycles. The molecule has 4 rings (SSSR count). The third-order valence-corrected chi connectivity index (χ3v) is 5.59. The van der Waals surface area contributed by atoms with Crippen LogP contribution in [0.25, 0.3) is 16.7 Å². The van der Waals surface area contributed by atoms with Crippen molar-refractivity contribution in [2.24, 2.45) is 0 Å². The molecular weight excluding hydrogens is 385 g/mol. The van der Waals surface area contributed by atoms with Gasteiger partial charge in [0.1, 0.15) is 11.2 Å². The minimum Gasteiger partial charge on any atom is -0.383 e. The van der Waals surface area contributed by atoms with E-state index in [9.17, 15) is 14.0 Å². The first-order valence-corrected chi connectivity index (χ1v) is 9.71. The van der Waals surface area contributed by atoms with Gasteiger partial charge in [-0.25, -0.2) is 14.1 Å². The fourth-order valence-electron chi connectivity index (χ4n) is 3.13. The zero-order valence-electron chi connectivity index (χ0n) is 15.1. The van der Waals surface area contributed by atoms with Crippen LogP contribution in [0, 0.1) is 5.82 Å². The van der Waals surface area contributed by atoms with Crippen molar-refractivity contribution in [1.82, 2.24) is 24.6 Å². The first kappa shape index (κ1) is 18.6. The normalized spacial score (nSPS) is 15.7. The largest absolute Gasteiger partial charge is 0.383 e. The lowest BCUT2D eigenvalue weighted by Gasteiger charge is -2.13. The number of fused-ring (bicyclic) bond motifs is 2. The molecular formula is C18H18FN5O3S. The fraction of sp³-hybridized carbons (Fsp3) is 0.333. The molecule has 0 unspecified atom stereocenters. The molecule has 0 saturated carbocycles. The molecule has 28 heavy (non-hydrogen) atoms. The lowest BCUT2D eigenvalue weighted by molar-refractivity contribution is -0.121. The number of hydrogen-bond donors (Lipinski definition) is 1. The number of thioether (sulfide) groups is 1. The number of methoxy groups -OCH3 is 1. The topological polar surface area (TPSA) is 91.0 Å². The van der Waals surface area contributed by atoms with Gasteiger partial charge in [-0.1, -0.05) is 11.8 Å². The van der Waals surface area contributed by atoms with Gasteiger partial charge in [-0.15, -0.1) is 0 Å². The number of aromatic nitrogens is 4. The standard InChI is InChI=1S/C18H18FN5O3S/c1-27-7-6-20-15(25)8-13-10-28-18-22-16-14(17(26)23(13)18)9-21-24(16)12-4-2-11(19)3-5-12/h2-5,9,13H,6-8,10H2,1H3,(H,20,25)/t13-/m1/s1. The molecule has 0 aliphatic carbocycles.